The molecule has 0 radical (unpaired) electrons. The van der Waals surface area contributed by atoms with Crippen LogP contribution in [0.2, 0.25) is 0 Å². The Hall–Kier alpha value is -2.45. The summed E-state index contributed by atoms with van der Waals surface area (Å²) in [5.41, 5.74) is 1.72. The molecule has 0 fully saturated rings. The molecule has 2 heterocycles. The van der Waals surface area contributed by atoms with Gasteiger partial charge in [-0.05, 0) is 5.56 Å². The molecule has 1 amide bonds. The highest BCUT2D eigenvalue weighted by Gasteiger charge is 2.11. The van der Waals surface area contributed by atoms with Crippen LogP contribution in [0.1, 0.15) is 5.56 Å². The topological polar surface area (TPSA) is 92.9 Å². The number of fused-ring (bicyclic) bond motifs is 1. The Morgan fingerprint density at radius 1 is 1.25 bits per heavy atom. The van der Waals surface area contributed by atoms with Gasteiger partial charge >= 0.3 is 0 Å². The minimum atomic E-state index is -0.0571. The minimum absolute atomic E-state index is 0.00878. The summed E-state index contributed by atoms with van der Waals surface area (Å²) in [6, 6.07) is 9.77. The number of rotatable bonds is 7. The van der Waals surface area contributed by atoms with Crippen molar-refractivity contribution in [3.05, 3.63) is 48.4 Å². The van der Waals surface area contributed by atoms with Gasteiger partial charge in [-0.2, -0.15) is 5.10 Å². The van der Waals surface area contributed by atoms with E-state index in [1.807, 2.05) is 30.3 Å². The van der Waals surface area contributed by atoms with Crippen molar-refractivity contribution in [3.8, 4) is 0 Å². The first-order valence-electron chi connectivity index (χ1n) is 7.48. The maximum atomic E-state index is 12.0. The van der Waals surface area contributed by atoms with Gasteiger partial charge in [0, 0.05) is 6.54 Å². The Kier molecular flexibility index (Phi) is 5.39. The van der Waals surface area contributed by atoms with E-state index in [4.69, 9.17) is 5.11 Å². The zero-order valence-electron chi connectivity index (χ0n) is 12.9. The molecule has 0 aliphatic carbocycles. The lowest BCUT2D eigenvalue weighted by Crippen LogP contribution is -2.24. The van der Waals surface area contributed by atoms with E-state index in [2.05, 4.69) is 20.4 Å². The molecule has 3 aromatic rings. The number of nitrogens with zero attached hydrogens (tertiary/aromatic N) is 4. The fourth-order valence-electron chi connectivity index (χ4n) is 2.23. The third kappa shape index (κ3) is 3.90. The molecule has 0 atom stereocenters. The summed E-state index contributed by atoms with van der Waals surface area (Å²) in [6.45, 7) is 0.876. The summed E-state index contributed by atoms with van der Waals surface area (Å²) in [7, 11) is 0. The van der Waals surface area contributed by atoms with Crippen LogP contribution >= 0.6 is 11.8 Å². The number of aromatic nitrogens is 4. The zero-order valence-corrected chi connectivity index (χ0v) is 13.7. The monoisotopic (exact) mass is 343 g/mol. The average molecular weight is 343 g/mol. The summed E-state index contributed by atoms with van der Waals surface area (Å²) in [5, 5.41) is 17.6. The molecule has 0 spiro atoms. The minimum Gasteiger partial charge on any atom is -0.394 e. The molecule has 2 aromatic heterocycles. The number of carbonyl (C=O) groups excluding carboxylic acids is 1. The molecular formula is C16H17N5O2S. The van der Waals surface area contributed by atoms with E-state index in [9.17, 15) is 4.79 Å². The van der Waals surface area contributed by atoms with Crippen LogP contribution in [-0.2, 0) is 17.9 Å². The van der Waals surface area contributed by atoms with Crippen LogP contribution in [0.15, 0.2) is 47.9 Å². The van der Waals surface area contributed by atoms with Crippen LogP contribution in [0, 0.1) is 0 Å². The maximum absolute atomic E-state index is 12.0. The van der Waals surface area contributed by atoms with Crippen LogP contribution in [0.25, 0.3) is 11.0 Å². The van der Waals surface area contributed by atoms with Crippen molar-refractivity contribution in [1.29, 1.82) is 0 Å². The largest absolute Gasteiger partial charge is 0.394 e. The second kappa shape index (κ2) is 7.89. The third-order valence-electron chi connectivity index (χ3n) is 3.38. The lowest BCUT2D eigenvalue weighted by molar-refractivity contribution is -0.118. The zero-order chi connectivity index (χ0) is 16.8. The number of thioether (sulfide) groups is 1. The number of hydrogen-bond donors (Lipinski definition) is 2. The predicted molar refractivity (Wildman–Crippen MR) is 91.4 cm³/mol. The van der Waals surface area contributed by atoms with Gasteiger partial charge in [0.05, 0.1) is 30.5 Å². The fourth-order valence-corrected chi connectivity index (χ4v) is 3.02. The Bertz CT molecular complexity index is 822. The van der Waals surface area contributed by atoms with Crippen molar-refractivity contribution in [2.24, 2.45) is 0 Å². The van der Waals surface area contributed by atoms with Crippen molar-refractivity contribution < 1.29 is 9.90 Å². The maximum Gasteiger partial charge on any atom is 0.230 e. The highest BCUT2D eigenvalue weighted by atomic mass is 32.2. The van der Waals surface area contributed by atoms with Gasteiger partial charge in [0.2, 0.25) is 5.91 Å². The number of hydrogen-bond acceptors (Lipinski definition) is 6. The van der Waals surface area contributed by atoms with E-state index in [-0.39, 0.29) is 18.3 Å². The first-order chi connectivity index (χ1) is 11.8. The molecule has 24 heavy (non-hydrogen) atoms. The van der Waals surface area contributed by atoms with Gasteiger partial charge in [-0.1, -0.05) is 42.1 Å². The molecule has 0 saturated carbocycles. The lowest BCUT2D eigenvalue weighted by Gasteiger charge is -2.05. The normalized spacial score (nSPS) is 10.9. The van der Waals surface area contributed by atoms with Crippen molar-refractivity contribution in [2.75, 3.05) is 12.4 Å². The van der Waals surface area contributed by atoms with E-state index in [0.717, 1.165) is 10.9 Å². The third-order valence-corrected chi connectivity index (χ3v) is 4.39. The van der Waals surface area contributed by atoms with E-state index in [1.54, 1.807) is 10.9 Å². The smallest absolute Gasteiger partial charge is 0.230 e. The molecule has 8 heteroatoms. The molecule has 1 aromatic carbocycles. The lowest BCUT2D eigenvalue weighted by atomic mass is 10.2. The molecule has 0 unspecified atom stereocenters. The summed E-state index contributed by atoms with van der Waals surface area (Å²) in [4.78, 5) is 20.4. The fraction of sp³-hybridized carbons (Fsp3) is 0.250. The van der Waals surface area contributed by atoms with Gasteiger partial charge in [0.25, 0.3) is 0 Å². The second-order valence-electron chi connectivity index (χ2n) is 5.06. The molecule has 0 aliphatic heterocycles. The van der Waals surface area contributed by atoms with Crippen molar-refractivity contribution in [3.63, 3.8) is 0 Å². The Morgan fingerprint density at radius 2 is 2.08 bits per heavy atom. The summed E-state index contributed by atoms with van der Waals surface area (Å²) in [5.74, 6) is 0.211. The van der Waals surface area contributed by atoms with Crippen LogP contribution in [-0.4, -0.2) is 43.1 Å². The van der Waals surface area contributed by atoms with Crippen molar-refractivity contribution >= 4 is 28.7 Å². The molecule has 2 N–H and O–H groups in total. The standard InChI is InChI=1S/C16H17N5O2S/c22-7-6-21-15-13(9-20-21)16(19-11-18-15)24-10-14(23)17-8-12-4-2-1-3-5-12/h1-5,9,11,22H,6-8,10H2,(H,17,23). The number of aliphatic hydroxyl groups is 1. The van der Waals surface area contributed by atoms with Gasteiger partial charge in [-0.3, -0.25) is 4.79 Å². The molecule has 0 bridgehead atoms. The van der Waals surface area contributed by atoms with Crippen molar-refractivity contribution in [2.45, 2.75) is 18.1 Å². The molecule has 124 valence electrons. The van der Waals surface area contributed by atoms with Crippen LogP contribution in [0.3, 0.4) is 0 Å². The summed E-state index contributed by atoms with van der Waals surface area (Å²) >= 11 is 1.35. The number of nitrogens with one attached hydrogen (secondary N) is 1. The van der Waals surface area contributed by atoms with Crippen molar-refractivity contribution in [1.82, 2.24) is 25.1 Å². The molecular weight excluding hydrogens is 326 g/mol. The van der Waals surface area contributed by atoms with Gasteiger partial charge in [0.1, 0.15) is 11.4 Å². The number of carbonyl (C=O) groups is 1. The van der Waals surface area contributed by atoms with E-state index in [0.29, 0.717) is 23.8 Å². The molecule has 7 nitrogen and oxygen atoms in total. The Morgan fingerprint density at radius 3 is 2.88 bits per heavy atom. The quantitative estimate of drug-likeness (QED) is 0.495. The Labute approximate surface area is 143 Å². The number of benzene rings is 1. The summed E-state index contributed by atoms with van der Waals surface area (Å²) in [6.07, 6.45) is 3.11. The molecule has 0 aliphatic rings. The van der Waals surface area contributed by atoms with E-state index >= 15 is 0 Å². The highest BCUT2D eigenvalue weighted by Crippen LogP contribution is 2.23. The molecule has 0 saturated heterocycles. The van der Waals surface area contributed by atoms with E-state index < -0.39 is 0 Å². The van der Waals surface area contributed by atoms with Gasteiger partial charge in [-0.15, -0.1) is 0 Å². The van der Waals surface area contributed by atoms with Gasteiger partial charge in [-0.25, -0.2) is 14.6 Å². The first-order valence-corrected chi connectivity index (χ1v) is 8.47. The summed E-state index contributed by atoms with van der Waals surface area (Å²) < 4.78 is 1.62. The van der Waals surface area contributed by atoms with Crippen LogP contribution in [0.5, 0.6) is 0 Å². The van der Waals surface area contributed by atoms with E-state index in [1.165, 1.54) is 18.1 Å². The predicted octanol–water partition coefficient (Wildman–Crippen LogP) is 1.23. The SMILES string of the molecule is O=C(CSc1ncnc2c1cnn2CCO)NCc1ccccc1. The first kappa shape index (κ1) is 16.4. The second-order valence-corrected chi connectivity index (χ2v) is 6.02. The molecule has 3 rings (SSSR count). The number of aliphatic hydroxyl groups excluding tert-OH is 1. The average Bonchev–Trinajstić information content (AvgIpc) is 3.03. The Balaban J connectivity index is 1.60. The highest BCUT2D eigenvalue weighted by molar-refractivity contribution is 8.00. The van der Waals surface area contributed by atoms with Gasteiger partial charge < -0.3 is 10.4 Å². The van der Waals surface area contributed by atoms with Crippen LogP contribution < -0.4 is 5.32 Å². The number of amides is 1. The van der Waals surface area contributed by atoms with Gasteiger partial charge in [0.15, 0.2) is 5.65 Å². The van der Waals surface area contributed by atoms with Crippen LogP contribution in [0.4, 0.5) is 0 Å².